The van der Waals surface area contributed by atoms with Gasteiger partial charge in [0.15, 0.2) is 5.82 Å². The van der Waals surface area contributed by atoms with Crippen molar-refractivity contribution in [1.82, 2.24) is 29.6 Å². The van der Waals surface area contributed by atoms with Crippen LogP contribution in [0.25, 0.3) is 10.2 Å². The van der Waals surface area contributed by atoms with Gasteiger partial charge in [0, 0.05) is 12.5 Å². The summed E-state index contributed by atoms with van der Waals surface area (Å²) in [4.78, 5) is 39.8. The summed E-state index contributed by atoms with van der Waals surface area (Å²) in [6, 6.07) is -0.146. The van der Waals surface area contributed by atoms with Crippen LogP contribution in [0.3, 0.4) is 0 Å². The van der Waals surface area contributed by atoms with Gasteiger partial charge in [0.1, 0.15) is 10.7 Å². The van der Waals surface area contributed by atoms with Crippen molar-refractivity contribution in [3.63, 3.8) is 0 Å². The van der Waals surface area contributed by atoms with E-state index in [0.29, 0.717) is 39.7 Å². The van der Waals surface area contributed by atoms with Crippen molar-refractivity contribution in [3.05, 3.63) is 38.8 Å². The molecule has 0 aromatic carbocycles. The van der Waals surface area contributed by atoms with Crippen molar-refractivity contribution >= 4 is 27.5 Å². The molecular formula is C17H18N6O2S. The first-order valence-electron chi connectivity index (χ1n) is 8.77. The fourth-order valence-corrected chi connectivity index (χ4v) is 4.69. The summed E-state index contributed by atoms with van der Waals surface area (Å²) in [6.45, 7) is 5.03. The topological polar surface area (TPSA) is 96.8 Å². The summed E-state index contributed by atoms with van der Waals surface area (Å²) >= 11 is 1.28. The van der Waals surface area contributed by atoms with E-state index >= 15 is 0 Å². The maximum atomic E-state index is 13.2. The number of nitrogens with zero attached hydrogens (tertiary/aromatic N) is 5. The molecule has 1 aliphatic heterocycles. The predicted octanol–water partition coefficient (Wildman–Crippen LogP) is 1.98. The van der Waals surface area contributed by atoms with Crippen LogP contribution in [0.1, 0.15) is 58.6 Å². The Balaban J connectivity index is 1.52. The molecule has 5 rings (SSSR count). The van der Waals surface area contributed by atoms with Crippen LogP contribution in [0.4, 0.5) is 0 Å². The first-order chi connectivity index (χ1) is 12.5. The Morgan fingerprint density at radius 2 is 2.15 bits per heavy atom. The summed E-state index contributed by atoms with van der Waals surface area (Å²) in [5.74, 6) is 2.18. The van der Waals surface area contributed by atoms with E-state index in [-0.39, 0.29) is 17.5 Å². The molecule has 26 heavy (non-hydrogen) atoms. The minimum absolute atomic E-state index is 0.0698. The maximum Gasteiger partial charge on any atom is 0.264 e. The lowest BCUT2D eigenvalue weighted by Crippen LogP contribution is -2.41. The molecule has 0 bridgehead atoms. The summed E-state index contributed by atoms with van der Waals surface area (Å²) in [5, 5.41) is 5.11. The molecule has 0 unspecified atom stereocenters. The van der Waals surface area contributed by atoms with Crippen LogP contribution in [-0.4, -0.2) is 42.1 Å². The molecule has 1 atom stereocenters. The van der Waals surface area contributed by atoms with Gasteiger partial charge in [0.2, 0.25) is 0 Å². The highest BCUT2D eigenvalue weighted by Gasteiger charge is 2.35. The smallest absolute Gasteiger partial charge is 0.264 e. The monoisotopic (exact) mass is 370 g/mol. The summed E-state index contributed by atoms with van der Waals surface area (Å²) < 4.78 is 1.94. The molecule has 0 spiro atoms. The van der Waals surface area contributed by atoms with E-state index in [4.69, 9.17) is 4.98 Å². The molecule has 2 aliphatic rings. The molecule has 1 amide bonds. The average molecular weight is 370 g/mol. The van der Waals surface area contributed by atoms with Crippen LogP contribution in [0, 0.1) is 6.92 Å². The number of aromatic amines is 1. The largest absolute Gasteiger partial charge is 0.326 e. The molecule has 4 heterocycles. The number of hydrogen-bond acceptors (Lipinski definition) is 6. The molecule has 134 valence electrons. The van der Waals surface area contributed by atoms with Crippen molar-refractivity contribution in [2.75, 3.05) is 6.54 Å². The molecule has 1 aliphatic carbocycles. The van der Waals surface area contributed by atoms with E-state index < -0.39 is 0 Å². The summed E-state index contributed by atoms with van der Waals surface area (Å²) in [6.07, 6.45) is 3.69. The van der Waals surface area contributed by atoms with Gasteiger partial charge >= 0.3 is 0 Å². The fraction of sp³-hybridized carbons (Fsp3) is 0.471. The van der Waals surface area contributed by atoms with Gasteiger partial charge in [-0.05, 0) is 32.3 Å². The molecular weight excluding hydrogens is 352 g/mol. The Kier molecular flexibility index (Phi) is 3.30. The van der Waals surface area contributed by atoms with Gasteiger partial charge in [-0.3, -0.25) is 9.59 Å². The van der Waals surface area contributed by atoms with Crippen molar-refractivity contribution in [2.45, 2.75) is 45.2 Å². The van der Waals surface area contributed by atoms with Gasteiger partial charge in [-0.2, -0.15) is 5.10 Å². The Hall–Kier alpha value is -2.55. The van der Waals surface area contributed by atoms with Crippen LogP contribution in [0.5, 0.6) is 0 Å². The fourth-order valence-electron chi connectivity index (χ4n) is 3.59. The molecule has 1 fully saturated rings. The second-order valence-corrected chi connectivity index (χ2v) is 7.97. The summed E-state index contributed by atoms with van der Waals surface area (Å²) in [7, 11) is 0. The number of hydrogen-bond donors (Lipinski definition) is 1. The van der Waals surface area contributed by atoms with Gasteiger partial charge in [-0.25, -0.2) is 14.6 Å². The zero-order chi connectivity index (χ0) is 18.0. The molecule has 3 aromatic rings. The third-order valence-electron chi connectivity index (χ3n) is 5.24. The first-order valence-corrected chi connectivity index (χ1v) is 9.58. The lowest BCUT2D eigenvalue weighted by atomic mass is 10.1. The Morgan fingerprint density at radius 1 is 1.35 bits per heavy atom. The number of rotatable bonds is 2. The average Bonchev–Trinajstić information content (AvgIpc) is 3.28. The van der Waals surface area contributed by atoms with E-state index in [1.165, 1.54) is 17.7 Å². The third-order valence-corrected chi connectivity index (χ3v) is 6.43. The van der Waals surface area contributed by atoms with Gasteiger partial charge in [0.25, 0.3) is 11.5 Å². The van der Waals surface area contributed by atoms with E-state index in [0.717, 1.165) is 24.5 Å². The Labute approximate surface area is 152 Å². The Bertz CT molecular complexity index is 1090. The molecule has 0 radical (unpaired) electrons. The lowest BCUT2D eigenvalue weighted by molar-refractivity contribution is 0.0635. The molecule has 1 N–H and O–H groups in total. The molecule has 1 saturated carbocycles. The van der Waals surface area contributed by atoms with Crippen molar-refractivity contribution in [3.8, 4) is 0 Å². The zero-order valence-corrected chi connectivity index (χ0v) is 15.3. The number of nitrogens with one attached hydrogen (secondary N) is 1. The van der Waals surface area contributed by atoms with Gasteiger partial charge in [0.05, 0.1) is 29.2 Å². The zero-order valence-electron chi connectivity index (χ0n) is 14.5. The predicted molar refractivity (Wildman–Crippen MR) is 96.4 cm³/mol. The summed E-state index contributed by atoms with van der Waals surface area (Å²) in [5.41, 5.74) is 0.491. The minimum atomic E-state index is -0.205. The SMILES string of the molecule is Cc1c(C(=O)N2CCn3nc(C4CC4)nc3[C@H]2C)sc2nc[nH]c(=O)c12. The quantitative estimate of drug-likeness (QED) is 0.744. The van der Waals surface area contributed by atoms with E-state index in [2.05, 4.69) is 15.1 Å². The highest BCUT2D eigenvalue weighted by molar-refractivity contribution is 7.20. The number of thiophene rings is 1. The van der Waals surface area contributed by atoms with E-state index in [1.54, 1.807) is 0 Å². The number of carbonyl (C=O) groups excluding carboxylic acids is 1. The maximum absolute atomic E-state index is 13.2. The number of fused-ring (bicyclic) bond motifs is 2. The van der Waals surface area contributed by atoms with Crippen molar-refractivity contribution < 1.29 is 4.79 Å². The number of aryl methyl sites for hydroxylation is 1. The standard InChI is InChI=1S/C17H18N6O2S/c1-8-11-15(24)18-7-19-16(11)26-12(8)17(25)22-5-6-23-14(9(22)2)20-13(21-23)10-3-4-10/h7,9-10H,3-6H2,1-2H3,(H,18,19,24)/t9-/m1/s1. The van der Waals surface area contributed by atoms with Gasteiger partial charge in [-0.15, -0.1) is 11.3 Å². The van der Waals surface area contributed by atoms with Crippen LogP contribution in [0.2, 0.25) is 0 Å². The second kappa shape index (κ2) is 5.47. The van der Waals surface area contributed by atoms with Gasteiger partial charge in [-0.1, -0.05) is 0 Å². The number of H-pyrrole nitrogens is 1. The van der Waals surface area contributed by atoms with Gasteiger partial charge < -0.3 is 9.88 Å². The second-order valence-electron chi connectivity index (χ2n) is 6.97. The normalized spacial score (nSPS) is 19.8. The third kappa shape index (κ3) is 2.23. The molecule has 9 heteroatoms. The number of amides is 1. The molecule has 8 nitrogen and oxygen atoms in total. The molecule has 0 saturated heterocycles. The number of carbonyl (C=O) groups is 1. The van der Waals surface area contributed by atoms with Crippen molar-refractivity contribution in [1.29, 1.82) is 0 Å². The molecule has 3 aromatic heterocycles. The van der Waals surface area contributed by atoms with Crippen LogP contribution < -0.4 is 5.56 Å². The lowest BCUT2D eigenvalue weighted by Gasteiger charge is -2.32. The Morgan fingerprint density at radius 3 is 2.88 bits per heavy atom. The number of aromatic nitrogens is 5. The van der Waals surface area contributed by atoms with Crippen LogP contribution in [0.15, 0.2) is 11.1 Å². The van der Waals surface area contributed by atoms with E-state index in [1.807, 2.05) is 23.4 Å². The minimum Gasteiger partial charge on any atom is -0.326 e. The van der Waals surface area contributed by atoms with Crippen molar-refractivity contribution in [2.24, 2.45) is 0 Å². The van der Waals surface area contributed by atoms with E-state index in [9.17, 15) is 9.59 Å². The highest BCUT2D eigenvalue weighted by atomic mass is 32.1. The van der Waals surface area contributed by atoms with Crippen LogP contribution >= 0.6 is 11.3 Å². The first kappa shape index (κ1) is 15.7. The highest BCUT2D eigenvalue weighted by Crippen LogP contribution is 2.39. The van der Waals surface area contributed by atoms with Crippen LogP contribution in [-0.2, 0) is 6.54 Å².